The number of piperazine rings is 1. The molecule has 12 nitrogen and oxygen atoms in total. The van der Waals surface area contributed by atoms with Crippen molar-refractivity contribution in [2.45, 2.75) is 37.8 Å². The highest BCUT2D eigenvalue weighted by atomic mass is 19.1. The Morgan fingerprint density at radius 3 is 2.56 bits per heavy atom. The summed E-state index contributed by atoms with van der Waals surface area (Å²) in [6.07, 6.45) is -1.11. The molecule has 1 aromatic heterocycles. The van der Waals surface area contributed by atoms with Crippen LogP contribution in [-0.2, 0) is 14.3 Å². The van der Waals surface area contributed by atoms with E-state index >= 15 is 4.39 Å². The van der Waals surface area contributed by atoms with Crippen molar-refractivity contribution in [2.24, 2.45) is 0 Å². The normalized spacial score (nSPS) is 21.5. The number of benzene rings is 2. The highest BCUT2D eigenvalue weighted by Gasteiger charge is 2.35. The summed E-state index contributed by atoms with van der Waals surface area (Å²) in [4.78, 5) is 31.8. The molecular formula is C32H37FN8O4. The molecular weight excluding hydrogens is 579 g/mol. The van der Waals surface area contributed by atoms with Gasteiger partial charge >= 0.3 is 0 Å². The molecule has 45 heavy (non-hydrogen) atoms. The van der Waals surface area contributed by atoms with Crippen molar-refractivity contribution in [3.8, 4) is 23.2 Å². The number of carbonyl (C=O) groups is 1. The molecule has 0 bridgehead atoms. The number of hydrogen-bond donors (Lipinski definition) is 1. The molecule has 1 N–H and O–H groups in total. The monoisotopic (exact) mass is 616 g/mol. The number of nitriles is 1. The highest BCUT2D eigenvalue weighted by molar-refractivity contribution is 5.80. The van der Waals surface area contributed by atoms with E-state index in [0.29, 0.717) is 36.3 Å². The maximum Gasteiger partial charge on any atom is 0.251 e. The number of methoxy groups -OCH3 is 1. The molecule has 13 heteroatoms. The van der Waals surface area contributed by atoms with E-state index in [4.69, 9.17) is 14.2 Å². The summed E-state index contributed by atoms with van der Waals surface area (Å²) >= 11 is 0. The van der Waals surface area contributed by atoms with Crippen LogP contribution in [0.3, 0.4) is 0 Å². The smallest absolute Gasteiger partial charge is 0.251 e. The zero-order valence-electron chi connectivity index (χ0n) is 25.4. The second-order valence-electron chi connectivity index (χ2n) is 11.5. The van der Waals surface area contributed by atoms with Gasteiger partial charge in [-0.3, -0.25) is 9.69 Å². The third-order valence-electron chi connectivity index (χ3n) is 8.64. The van der Waals surface area contributed by atoms with Crippen LogP contribution in [0.2, 0.25) is 0 Å². The van der Waals surface area contributed by atoms with E-state index < -0.39 is 18.4 Å². The first kappa shape index (κ1) is 30.6. The molecule has 4 heterocycles. The van der Waals surface area contributed by atoms with Crippen LogP contribution in [0.5, 0.6) is 5.75 Å². The molecule has 3 saturated heterocycles. The number of amides is 1. The van der Waals surface area contributed by atoms with Gasteiger partial charge in [0.05, 0.1) is 31.4 Å². The maximum absolute atomic E-state index is 15.0. The molecule has 0 spiro atoms. The number of rotatable bonds is 9. The van der Waals surface area contributed by atoms with Crippen LogP contribution in [0.15, 0.2) is 48.8 Å². The summed E-state index contributed by atoms with van der Waals surface area (Å²) in [6.45, 7) is 7.62. The molecule has 236 valence electrons. The largest absolute Gasteiger partial charge is 0.486 e. The minimum Gasteiger partial charge on any atom is -0.486 e. The third-order valence-corrected chi connectivity index (χ3v) is 8.64. The van der Waals surface area contributed by atoms with Crippen LogP contribution < -0.4 is 15.0 Å². The van der Waals surface area contributed by atoms with Crippen LogP contribution in [0.1, 0.15) is 18.9 Å². The number of anilines is 3. The van der Waals surface area contributed by atoms with Gasteiger partial charge in [-0.05, 0) is 49.4 Å². The van der Waals surface area contributed by atoms with Crippen LogP contribution >= 0.6 is 0 Å². The van der Waals surface area contributed by atoms with E-state index in [-0.39, 0.29) is 23.8 Å². The third kappa shape index (κ3) is 6.98. The lowest BCUT2D eigenvalue weighted by Gasteiger charge is -2.43. The number of nitrogens with zero attached hydrogens (tertiary/aromatic N) is 7. The van der Waals surface area contributed by atoms with Gasteiger partial charge in [0.25, 0.3) is 5.91 Å². The number of aromatic nitrogens is 3. The molecule has 0 saturated carbocycles. The van der Waals surface area contributed by atoms with Crippen LogP contribution in [0.4, 0.5) is 21.7 Å². The topological polar surface area (TPSA) is 129 Å². The highest BCUT2D eigenvalue weighted by Crippen LogP contribution is 2.29. The Bertz CT molecular complexity index is 1520. The maximum atomic E-state index is 15.0. The van der Waals surface area contributed by atoms with E-state index in [0.717, 1.165) is 45.1 Å². The van der Waals surface area contributed by atoms with Crippen LogP contribution in [0, 0.1) is 11.3 Å². The second-order valence-corrected chi connectivity index (χ2v) is 11.5. The van der Waals surface area contributed by atoms with Crippen LogP contribution in [0.25, 0.3) is 11.4 Å². The average Bonchev–Trinajstić information content (AvgIpc) is 3.05. The van der Waals surface area contributed by atoms with Crippen LogP contribution in [-0.4, -0.2) is 115 Å². The van der Waals surface area contributed by atoms with Crippen molar-refractivity contribution in [1.29, 1.82) is 5.26 Å². The molecule has 1 amide bonds. The summed E-state index contributed by atoms with van der Waals surface area (Å²) in [6, 6.07) is 15.9. The summed E-state index contributed by atoms with van der Waals surface area (Å²) < 4.78 is 31.3. The van der Waals surface area contributed by atoms with Gasteiger partial charge in [0.1, 0.15) is 30.4 Å². The van der Waals surface area contributed by atoms with Gasteiger partial charge < -0.3 is 29.3 Å². The van der Waals surface area contributed by atoms with E-state index in [1.54, 1.807) is 25.1 Å². The fourth-order valence-corrected chi connectivity index (χ4v) is 5.76. The molecule has 6 rings (SSSR count). The molecule has 0 radical (unpaired) electrons. The number of ether oxygens (including phenoxy) is 3. The number of halogens is 1. The minimum absolute atomic E-state index is 0.0892. The number of alkyl halides is 1. The van der Waals surface area contributed by atoms with Gasteiger partial charge in [0, 0.05) is 63.2 Å². The van der Waals surface area contributed by atoms with Gasteiger partial charge in [-0.1, -0.05) is 0 Å². The Labute approximate surface area is 261 Å². The first-order chi connectivity index (χ1) is 21.9. The Morgan fingerprint density at radius 1 is 1.11 bits per heavy atom. The molecule has 0 aliphatic carbocycles. The number of piperidine rings is 1. The SMILES string of the molecule is CO[C@@H](C)C(=O)N1CC[C@H](Oc2ccc(-c3ncnc(Nc4ccc(N5CCN(C6COC6)CC5)cc4)n3)cc2C#N)[C@@H](F)C1. The predicted molar refractivity (Wildman–Crippen MR) is 165 cm³/mol. The first-order valence-electron chi connectivity index (χ1n) is 15.2. The van der Waals surface area contributed by atoms with E-state index in [2.05, 4.69) is 48.3 Å². The lowest BCUT2D eigenvalue weighted by atomic mass is 10.0. The van der Waals surface area contributed by atoms with Crippen molar-refractivity contribution in [1.82, 2.24) is 24.8 Å². The van der Waals surface area contributed by atoms with Crippen molar-refractivity contribution in [2.75, 3.05) is 69.8 Å². The fraction of sp³-hybridized carbons (Fsp3) is 0.469. The molecule has 2 aromatic carbocycles. The van der Waals surface area contributed by atoms with E-state index in [1.165, 1.54) is 24.0 Å². The molecule has 3 aromatic rings. The molecule has 3 aliphatic heterocycles. The predicted octanol–water partition coefficient (Wildman–Crippen LogP) is 3.03. The van der Waals surface area contributed by atoms with E-state index in [1.807, 2.05) is 12.1 Å². The number of nitrogens with one attached hydrogen (secondary N) is 1. The lowest BCUT2D eigenvalue weighted by molar-refractivity contribution is -0.144. The molecule has 0 unspecified atom stereocenters. The van der Waals surface area contributed by atoms with Crippen molar-refractivity contribution >= 4 is 23.2 Å². The summed E-state index contributed by atoms with van der Waals surface area (Å²) in [5, 5.41) is 13.1. The van der Waals surface area contributed by atoms with Gasteiger partial charge in [-0.25, -0.2) is 14.4 Å². The Balaban J connectivity index is 1.07. The average molecular weight is 617 g/mol. The van der Waals surface area contributed by atoms with Crippen molar-refractivity contribution in [3.05, 3.63) is 54.4 Å². The van der Waals surface area contributed by atoms with Gasteiger partial charge in [0.15, 0.2) is 12.0 Å². The van der Waals surface area contributed by atoms with Gasteiger partial charge in [-0.15, -0.1) is 0 Å². The number of hydrogen-bond acceptors (Lipinski definition) is 11. The Hall–Kier alpha value is -4.38. The molecule has 3 aliphatic rings. The van der Waals surface area contributed by atoms with Gasteiger partial charge in [0.2, 0.25) is 5.95 Å². The summed E-state index contributed by atoms with van der Waals surface area (Å²) in [7, 11) is 1.45. The van der Waals surface area contributed by atoms with Gasteiger partial charge in [-0.2, -0.15) is 10.2 Å². The lowest BCUT2D eigenvalue weighted by Crippen LogP contribution is -2.56. The van der Waals surface area contributed by atoms with E-state index in [9.17, 15) is 10.1 Å². The Kier molecular flexibility index (Phi) is 9.34. The summed E-state index contributed by atoms with van der Waals surface area (Å²) in [5.41, 5.74) is 2.84. The number of carbonyl (C=O) groups excluding carboxylic acids is 1. The zero-order valence-corrected chi connectivity index (χ0v) is 25.4. The fourth-order valence-electron chi connectivity index (χ4n) is 5.76. The number of likely N-dealkylation sites (tertiary alicyclic amines) is 1. The second kappa shape index (κ2) is 13.7. The standard InChI is InChI=1S/C32H37FN8O4/c1-21(43-2)31(42)41-10-9-29(27(33)17-41)45-28-8-3-22(15-23(28)16-34)30-35-20-36-32(38-30)37-24-4-6-25(7-5-24)39-11-13-40(14-12-39)26-18-44-19-26/h3-8,15,20-21,26-27,29H,9-14,17-19H2,1-2H3,(H,35,36,37,38)/t21-,27-,29-/m0/s1. The Morgan fingerprint density at radius 2 is 1.89 bits per heavy atom. The zero-order chi connectivity index (χ0) is 31.3. The quantitative estimate of drug-likeness (QED) is 0.381. The van der Waals surface area contributed by atoms with Crippen molar-refractivity contribution in [3.63, 3.8) is 0 Å². The molecule has 3 atom stereocenters. The summed E-state index contributed by atoms with van der Waals surface area (Å²) in [5.74, 6) is 0.759. The molecule has 3 fully saturated rings. The first-order valence-corrected chi connectivity index (χ1v) is 15.2. The van der Waals surface area contributed by atoms with Crippen molar-refractivity contribution < 1.29 is 23.4 Å². The minimum atomic E-state index is -1.40.